The maximum Gasteiger partial charge on any atom is 0.411 e. The molecule has 1 fully saturated rings. The third-order valence-corrected chi connectivity index (χ3v) is 5.01. The van der Waals surface area contributed by atoms with Crippen LogP contribution in [0.5, 0.6) is 0 Å². The summed E-state index contributed by atoms with van der Waals surface area (Å²) in [6.07, 6.45) is 0.180. The van der Waals surface area contributed by atoms with Crippen LogP contribution in [0.4, 0.5) is 10.5 Å². The monoisotopic (exact) mass is 338 g/mol. The first-order valence-corrected chi connectivity index (χ1v) is 8.97. The number of anilines is 1. The van der Waals surface area contributed by atoms with E-state index in [2.05, 4.69) is 30.9 Å². The third kappa shape index (κ3) is 4.02. The molecule has 0 spiro atoms. The van der Waals surface area contributed by atoms with Gasteiger partial charge in [-0.15, -0.1) is 0 Å². The molecule has 0 radical (unpaired) electrons. The Hall–Kier alpha value is -2.33. The summed E-state index contributed by atoms with van der Waals surface area (Å²) in [5.74, 6) is 0.390. The molecule has 1 amide bonds. The highest BCUT2D eigenvalue weighted by atomic mass is 16.4. The van der Waals surface area contributed by atoms with Crippen LogP contribution in [0.2, 0.25) is 0 Å². The van der Waals surface area contributed by atoms with Crippen molar-refractivity contribution in [3.05, 3.63) is 54.1 Å². The number of aryl methyl sites for hydroxylation is 1. The molecule has 0 aromatic heterocycles. The lowest BCUT2D eigenvalue weighted by molar-refractivity contribution is 0.200. The highest BCUT2D eigenvalue weighted by Gasteiger charge is 2.27. The number of benzene rings is 2. The molecule has 1 atom stereocenters. The van der Waals surface area contributed by atoms with Gasteiger partial charge in [0.25, 0.3) is 0 Å². The number of likely N-dealkylation sites (tertiary alicyclic amines) is 1. The van der Waals surface area contributed by atoms with Crippen LogP contribution >= 0.6 is 0 Å². The summed E-state index contributed by atoms with van der Waals surface area (Å²) in [7, 11) is 0. The average Bonchev–Trinajstić information content (AvgIpc) is 3.07. The van der Waals surface area contributed by atoms with E-state index in [1.165, 1.54) is 10.5 Å². The van der Waals surface area contributed by atoms with Crippen molar-refractivity contribution in [2.45, 2.75) is 20.3 Å². The second-order valence-electron chi connectivity index (χ2n) is 6.83. The summed E-state index contributed by atoms with van der Waals surface area (Å²) in [4.78, 5) is 15.9. The number of hydrogen-bond acceptors (Lipinski definition) is 2. The smallest absolute Gasteiger partial charge is 0.411 e. The first-order chi connectivity index (χ1) is 12.1. The molecule has 1 saturated heterocycles. The molecule has 1 heterocycles. The SMILES string of the molecule is CCN1CC[C@@H](CN(C(=O)O)c2ccccc2-c2cccc(C)c2)C1. The molecule has 1 aliphatic rings. The van der Waals surface area contributed by atoms with Gasteiger partial charge < -0.3 is 10.0 Å². The van der Waals surface area contributed by atoms with Crippen LogP contribution in [-0.2, 0) is 0 Å². The Morgan fingerprint density at radius 2 is 2.04 bits per heavy atom. The minimum atomic E-state index is -0.880. The van der Waals surface area contributed by atoms with Gasteiger partial charge >= 0.3 is 6.09 Å². The Kier molecular flexibility index (Phi) is 5.39. The van der Waals surface area contributed by atoms with Crippen LogP contribution in [0.15, 0.2) is 48.5 Å². The molecule has 1 N–H and O–H groups in total. The van der Waals surface area contributed by atoms with Gasteiger partial charge in [-0.25, -0.2) is 4.79 Å². The van der Waals surface area contributed by atoms with Crippen molar-refractivity contribution in [1.29, 1.82) is 0 Å². The van der Waals surface area contributed by atoms with Crippen molar-refractivity contribution >= 4 is 11.8 Å². The number of carbonyl (C=O) groups is 1. The summed E-state index contributed by atoms with van der Waals surface area (Å²) in [5, 5.41) is 9.85. The largest absolute Gasteiger partial charge is 0.465 e. The molecule has 1 aliphatic heterocycles. The molecular weight excluding hydrogens is 312 g/mol. The number of hydrogen-bond donors (Lipinski definition) is 1. The molecule has 2 aromatic rings. The Morgan fingerprint density at radius 1 is 1.24 bits per heavy atom. The summed E-state index contributed by atoms with van der Waals surface area (Å²) >= 11 is 0. The van der Waals surface area contributed by atoms with Gasteiger partial charge in [-0.2, -0.15) is 0 Å². The molecule has 25 heavy (non-hydrogen) atoms. The lowest BCUT2D eigenvalue weighted by atomic mass is 10.00. The van der Waals surface area contributed by atoms with E-state index in [0.717, 1.165) is 42.9 Å². The summed E-state index contributed by atoms with van der Waals surface area (Å²) in [6.45, 7) is 7.84. The summed E-state index contributed by atoms with van der Waals surface area (Å²) in [5.41, 5.74) is 3.97. The zero-order valence-corrected chi connectivity index (χ0v) is 15.0. The van der Waals surface area contributed by atoms with Crippen LogP contribution in [0.25, 0.3) is 11.1 Å². The minimum absolute atomic E-state index is 0.390. The van der Waals surface area contributed by atoms with E-state index in [-0.39, 0.29) is 0 Å². The fraction of sp³-hybridized carbons (Fsp3) is 0.381. The Bertz CT molecular complexity index is 744. The molecular formula is C21H26N2O2. The van der Waals surface area contributed by atoms with E-state index in [0.29, 0.717) is 12.5 Å². The maximum atomic E-state index is 12.0. The zero-order chi connectivity index (χ0) is 17.8. The van der Waals surface area contributed by atoms with Crippen molar-refractivity contribution in [3.63, 3.8) is 0 Å². The number of carboxylic acid groups (broad SMARTS) is 1. The van der Waals surface area contributed by atoms with Gasteiger partial charge in [0.15, 0.2) is 0 Å². The average molecular weight is 338 g/mol. The second-order valence-corrected chi connectivity index (χ2v) is 6.83. The highest BCUT2D eigenvalue weighted by Crippen LogP contribution is 2.32. The number of para-hydroxylation sites is 1. The first kappa shape index (κ1) is 17.5. The lowest BCUT2D eigenvalue weighted by Crippen LogP contribution is -2.35. The molecule has 3 rings (SSSR count). The quantitative estimate of drug-likeness (QED) is 0.873. The van der Waals surface area contributed by atoms with Gasteiger partial charge in [-0.3, -0.25) is 4.90 Å². The summed E-state index contributed by atoms with van der Waals surface area (Å²) in [6, 6.07) is 16.0. The predicted octanol–water partition coefficient (Wildman–Crippen LogP) is 4.49. The van der Waals surface area contributed by atoms with E-state index in [1.54, 1.807) is 0 Å². The van der Waals surface area contributed by atoms with Crippen molar-refractivity contribution in [1.82, 2.24) is 4.90 Å². The van der Waals surface area contributed by atoms with Gasteiger partial charge in [0.2, 0.25) is 0 Å². The number of amides is 1. The van der Waals surface area contributed by atoms with Crippen molar-refractivity contribution < 1.29 is 9.90 Å². The van der Waals surface area contributed by atoms with Gasteiger partial charge in [0.1, 0.15) is 0 Å². The van der Waals surface area contributed by atoms with Crippen LogP contribution in [-0.4, -0.2) is 42.3 Å². The normalized spacial score (nSPS) is 17.6. The standard InChI is InChI=1S/C21H26N2O2/c1-3-22-12-11-17(14-22)15-23(21(24)25)20-10-5-4-9-19(20)18-8-6-7-16(2)13-18/h4-10,13,17H,3,11-12,14-15H2,1-2H3,(H,24,25)/t17-/m1/s1. The van der Waals surface area contributed by atoms with Crippen molar-refractivity contribution in [2.75, 3.05) is 31.1 Å². The first-order valence-electron chi connectivity index (χ1n) is 8.97. The highest BCUT2D eigenvalue weighted by molar-refractivity contribution is 5.92. The second kappa shape index (κ2) is 7.70. The van der Waals surface area contributed by atoms with E-state index in [1.807, 2.05) is 36.4 Å². The molecule has 0 aliphatic carbocycles. The maximum absolute atomic E-state index is 12.0. The molecule has 4 heteroatoms. The van der Waals surface area contributed by atoms with Crippen molar-refractivity contribution in [2.24, 2.45) is 5.92 Å². The lowest BCUT2D eigenvalue weighted by Gasteiger charge is -2.25. The minimum Gasteiger partial charge on any atom is -0.465 e. The molecule has 0 saturated carbocycles. The molecule has 2 aromatic carbocycles. The fourth-order valence-electron chi connectivity index (χ4n) is 3.65. The van der Waals surface area contributed by atoms with E-state index in [4.69, 9.17) is 0 Å². The van der Waals surface area contributed by atoms with Crippen LogP contribution in [0.1, 0.15) is 18.9 Å². The number of nitrogens with zero attached hydrogens (tertiary/aromatic N) is 2. The topological polar surface area (TPSA) is 43.8 Å². The van der Waals surface area contributed by atoms with Crippen LogP contribution in [0, 0.1) is 12.8 Å². The van der Waals surface area contributed by atoms with Gasteiger partial charge in [-0.1, -0.05) is 55.0 Å². The zero-order valence-electron chi connectivity index (χ0n) is 15.0. The molecule has 4 nitrogen and oxygen atoms in total. The molecule has 0 unspecified atom stereocenters. The van der Waals surface area contributed by atoms with E-state index < -0.39 is 6.09 Å². The van der Waals surface area contributed by atoms with Gasteiger partial charge in [-0.05, 0) is 44.0 Å². The van der Waals surface area contributed by atoms with E-state index >= 15 is 0 Å². The van der Waals surface area contributed by atoms with Gasteiger partial charge in [0.05, 0.1) is 5.69 Å². The molecule has 0 bridgehead atoms. The summed E-state index contributed by atoms with van der Waals surface area (Å²) < 4.78 is 0. The van der Waals surface area contributed by atoms with Crippen molar-refractivity contribution in [3.8, 4) is 11.1 Å². The molecule has 132 valence electrons. The Morgan fingerprint density at radius 3 is 2.72 bits per heavy atom. The van der Waals surface area contributed by atoms with Crippen LogP contribution < -0.4 is 4.90 Å². The Labute approximate surface area is 149 Å². The predicted molar refractivity (Wildman–Crippen MR) is 102 cm³/mol. The fourth-order valence-corrected chi connectivity index (χ4v) is 3.65. The van der Waals surface area contributed by atoms with E-state index in [9.17, 15) is 9.90 Å². The number of rotatable bonds is 5. The van der Waals surface area contributed by atoms with Crippen LogP contribution in [0.3, 0.4) is 0 Å². The Balaban J connectivity index is 1.91. The van der Waals surface area contributed by atoms with Gasteiger partial charge in [0, 0.05) is 18.7 Å². The third-order valence-electron chi connectivity index (χ3n) is 5.01.